The van der Waals surface area contributed by atoms with Crippen molar-refractivity contribution in [3.05, 3.63) is 137 Å². The van der Waals surface area contributed by atoms with Gasteiger partial charge in [-0.1, -0.05) is 97.1 Å². The van der Waals surface area contributed by atoms with Crippen molar-refractivity contribution in [2.24, 2.45) is 5.41 Å². The molecular weight excluding hydrogens is 564 g/mol. The molecule has 0 saturated carbocycles. The Bertz CT molecular complexity index is 2050. The normalized spacial score (nSPS) is 20.7. The molecule has 1 fully saturated rings. The Morgan fingerprint density at radius 2 is 1.53 bits per heavy atom. The molecule has 8 rings (SSSR count). The van der Waals surface area contributed by atoms with Gasteiger partial charge >= 0.3 is 0 Å². The molecule has 1 aliphatic carbocycles. The van der Waals surface area contributed by atoms with E-state index < -0.39 is 23.4 Å². The molecule has 5 aromatic rings. The summed E-state index contributed by atoms with van der Waals surface area (Å²) in [5, 5.41) is 0.889. The van der Waals surface area contributed by atoms with Crippen molar-refractivity contribution >= 4 is 40.0 Å². The van der Waals surface area contributed by atoms with E-state index in [2.05, 4.69) is 0 Å². The third kappa shape index (κ3) is 3.52. The molecule has 0 radical (unpaired) electrons. The van der Waals surface area contributed by atoms with Gasteiger partial charge in [-0.05, 0) is 17.7 Å². The third-order valence-corrected chi connectivity index (χ3v) is 9.63. The van der Waals surface area contributed by atoms with E-state index in [4.69, 9.17) is 14.5 Å². The van der Waals surface area contributed by atoms with E-state index in [0.29, 0.717) is 39.3 Å². The van der Waals surface area contributed by atoms with Gasteiger partial charge in [0.25, 0.3) is 0 Å². The number of para-hydroxylation sites is 1. The summed E-state index contributed by atoms with van der Waals surface area (Å²) in [6.07, 6.45) is 5.59. The largest absolute Gasteiger partial charge is 0.493 e. The van der Waals surface area contributed by atoms with Gasteiger partial charge in [0.2, 0.25) is 0 Å². The van der Waals surface area contributed by atoms with Crippen LogP contribution in [0.2, 0.25) is 0 Å². The first-order chi connectivity index (χ1) is 22.0. The number of fused-ring (bicyclic) bond motifs is 7. The van der Waals surface area contributed by atoms with Crippen LogP contribution in [0.5, 0.6) is 11.5 Å². The van der Waals surface area contributed by atoms with Crippen molar-refractivity contribution in [2.45, 2.75) is 18.0 Å². The van der Waals surface area contributed by atoms with Gasteiger partial charge in [0, 0.05) is 39.8 Å². The van der Waals surface area contributed by atoms with E-state index >= 15 is 14.4 Å². The van der Waals surface area contributed by atoms with Crippen LogP contribution in [-0.2, 0) is 0 Å². The Kier molecular flexibility index (Phi) is 6.00. The molecule has 3 atom stereocenters. The van der Waals surface area contributed by atoms with Gasteiger partial charge in [0.1, 0.15) is 11.5 Å². The molecule has 45 heavy (non-hydrogen) atoms. The number of rotatable bonds is 5. The zero-order chi connectivity index (χ0) is 30.9. The number of methoxy groups -OCH3 is 2. The van der Waals surface area contributed by atoms with Crippen LogP contribution in [0.15, 0.2) is 109 Å². The van der Waals surface area contributed by atoms with Gasteiger partial charge in [-0.15, -0.1) is 0 Å². The average molecular weight is 593 g/mol. The van der Waals surface area contributed by atoms with Gasteiger partial charge in [0.15, 0.2) is 28.8 Å². The molecular formula is C38H28N2O5. The van der Waals surface area contributed by atoms with Crippen LogP contribution in [0.4, 0.5) is 5.69 Å². The molecule has 7 heteroatoms. The van der Waals surface area contributed by atoms with Gasteiger partial charge < -0.3 is 14.4 Å². The lowest BCUT2D eigenvalue weighted by Crippen LogP contribution is -2.48. The van der Waals surface area contributed by atoms with E-state index in [0.717, 1.165) is 16.6 Å². The average Bonchev–Trinajstić information content (AvgIpc) is 3.53. The maximum Gasteiger partial charge on any atom is 0.185 e. The number of benzene rings is 4. The smallest absolute Gasteiger partial charge is 0.185 e. The van der Waals surface area contributed by atoms with Crippen molar-refractivity contribution in [2.75, 3.05) is 19.1 Å². The standard InChI is InChI=1S/C38H28N2O5/c1-44-28-16-8-15-27(35(28)45-2)30-33(34(41)24-10-4-3-5-11-24)40-29(38(30)36(42)25-13-6-7-14-26(25)37(38)43)20-19-23-18-17-22-12-9-21-39-31(22)32(23)40/h3-21,29-30,33H,1-2H3/t29-,30-,33-/m1/s1. The number of carbonyl (C=O) groups is 3. The second kappa shape index (κ2) is 9.99. The molecule has 2 aliphatic heterocycles. The third-order valence-electron chi connectivity index (χ3n) is 9.63. The molecule has 0 amide bonds. The summed E-state index contributed by atoms with van der Waals surface area (Å²) in [5.41, 5.74) is 2.34. The molecule has 0 N–H and O–H groups in total. The Morgan fingerprint density at radius 1 is 0.800 bits per heavy atom. The fraction of sp³-hybridized carbons (Fsp3) is 0.158. The molecule has 3 heterocycles. The number of nitrogens with zero attached hydrogens (tertiary/aromatic N) is 2. The van der Waals surface area contributed by atoms with Crippen LogP contribution < -0.4 is 14.4 Å². The van der Waals surface area contributed by atoms with E-state index in [1.165, 1.54) is 7.11 Å². The number of aromatic nitrogens is 1. The summed E-state index contributed by atoms with van der Waals surface area (Å²) in [6, 6.07) is 27.5. The number of ketones is 3. The van der Waals surface area contributed by atoms with Crippen molar-refractivity contribution in [1.82, 2.24) is 4.98 Å². The number of anilines is 1. The summed E-state index contributed by atoms with van der Waals surface area (Å²) in [4.78, 5) is 51.8. The van der Waals surface area contributed by atoms with Crippen LogP contribution in [0.3, 0.4) is 0 Å². The highest BCUT2D eigenvalue weighted by molar-refractivity contribution is 6.32. The zero-order valence-corrected chi connectivity index (χ0v) is 24.6. The van der Waals surface area contributed by atoms with Crippen molar-refractivity contribution in [3.63, 3.8) is 0 Å². The van der Waals surface area contributed by atoms with Crippen molar-refractivity contribution < 1.29 is 23.9 Å². The number of hydrogen-bond donors (Lipinski definition) is 0. The monoisotopic (exact) mass is 592 g/mol. The highest BCUT2D eigenvalue weighted by Gasteiger charge is 2.72. The Hall–Kier alpha value is -5.56. The zero-order valence-electron chi connectivity index (χ0n) is 24.6. The number of hydrogen-bond acceptors (Lipinski definition) is 7. The first-order valence-electron chi connectivity index (χ1n) is 14.9. The minimum atomic E-state index is -1.68. The van der Waals surface area contributed by atoms with Crippen LogP contribution in [0.25, 0.3) is 17.0 Å². The lowest BCUT2D eigenvalue weighted by molar-refractivity contribution is 0.0664. The molecule has 0 bridgehead atoms. The van der Waals surface area contributed by atoms with Crippen LogP contribution in [0, 0.1) is 5.41 Å². The van der Waals surface area contributed by atoms with E-state index in [1.54, 1.807) is 55.8 Å². The Labute approximate surface area is 259 Å². The fourth-order valence-corrected chi connectivity index (χ4v) is 7.86. The molecule has 1 aromatic heterocycles. The molecule has 3 aliphatic rings. The fourth-order valence-electron chi connectivity index (χ4n) is 7.86. The summed E-state index contributed by atoms with van der Waals surface area (Å²) in [5.74, 6) is -0.943. The first-order valence-corrected chi connectivity index (χ1v) is 14.9. The topological polar surface area (TPSA) is 85.8 Å². The predicted molar refractivity (Wildman–Crippen MR) is 171 cm³/mol. The quantitative estimate of drug-likeness (QED) is 0.169. The van der Waals surface area contributed by atoms with Crippen molar-refractivity contribution in [3.8, 4) is 11.5 Å². The number of carbonyl (C=O) groups excluding carboxylic acids is 3. The minimum Gasteiger partial charge on any atom is -0.493 e. The molecule has 0 unspecified atom stereocenters. The maximum absolute atomic E-state index is 15.0. The van der Waals surface area contributed by atoms with E-state index in [9.17, 15) is 0 Å². The van der Waals surface area contributed by atoms with E-state index in [1.807, 2.05) is 71.6 Å². The van der Waals surface area contributed by atoms with Gasteiger partial charge in [-0.25, -0.2) is 0 Å². The second-order valence-electron chi connectivity index (χ2n) is 11.6. The molecule has 7 nitrogen and oxygen atoms in total. The Morgan fingerprint density at radius 3 is 2.24 bits per heavy atom. The van der Waals surface area contributed by atoms with Crippen LogP contribution in [0.1, 0.15) is 48.1 Å². The molecule has 4 aromatic carbocycles. The van der Waals surface area contributed by atoms with Gasteiger partial charge in [-0.2, -0.15) is 0 Å². The van der Waals surface area contributed by atoms with Crippen LogP contribution in [-0.4, -0.2) is 48.6 Å². The maximum atomic E-state index is 15.0. The lowest BCUT2D eigenvalue weighted by Gasteiger charge is -2.37. The van der Waals surface area contributed by atoms with Crippen LogP contribution >= 0.6 is 0 Å². The molecule has 220 valence electrons. The predicted octanol–water partition coefficient (Wildman–Crippen LogP) is 6.57. The number of Topliss-reactive ketones (excluding diaryl/α,β-unsaturated/α-hetero) is 3. The SMILES string of the molecule is COc1cccc([C@@H]2[C@H](C(=O)c3ccccc3)N3c4c(ccc5cccnc45)C=C[C@@H]3C23C(=O)c2ccccc2C3=O)c1OC. The van der Waals surface area contributed by atoms with Gasteiger partial charge in [0.05, 0.1) is 31.5 Å². The molecule has 1 saturated heterocycles. The Balaban J connectivity index is 1.51. The summed E-state index contributed by atoms with van der Waals surface area (Å²) >= 11 is 0. The highest BCUT2D eigenvalue weighted by Crippen LogP contribution is 2.63. The first kappa shape index (κ1) is 27.0. The second-order valence-corrected chi connectivity index (χ2v) is 11.6. The highest BCUT2D eigenvalue weighted by atomic mass is 16.5. The molecule has 1 spiro atoms. The van der Waals surface area contributed by atoms with E-state index in [-0.39, 0.29) is 17.3 Å². The lowest BCUT2D eigenvalue weighted by atomic mass is 9.64. The summed E-state index contributed by atoms with van der Waals surface area (Å²) < 4.78 is 11.6. The summed E-state index contributed by atoms with van der Waals surface area (Å²) in [6.45, 7) is 0. The summed E-state index contributed by atoms with van der Waals surface area (Å²) in [7, 11) is 3.07. The van der Waals surface area contributed by atoms with Crippen molar-refractivity contribution in [1.29, 1.82) is 0 Å². The minimum absolute atomic E-state index is 0.210. The van der Waals surface area contributed by atoms with Gasteiger partial charge in [-0.3, -0.25) is 19.4 Å². The number of pyridine rings is 1. The number of ether oxygens (including phenoxy) is 2.